The highest BCUT2D eigenvalue weighted by molar-refractivity contribution is 7.07. The van der Waals surface area contributed by atoms with Crippen LogP contribution in [0, 0.1) is 5.82 Å². The van der Waals surface area contributed by atoms with Crippen LogP contribution in [0.1, 0.15) is 35.2 Å². The van der Waals surface area contributed by atoms with Crippen molar-refractivity contribution >= 4 is 40.7 Å². The molecule has 0 bridgehead atoms. The molecular formula is C35H26ClFN2O4S. The van der Waals surface area contributed by atoms with Crippen molar-refractivity contribution < 1.29 is 18.7 Å². The molecule has 0 N–H and O–H groups in total. The molecule has 1 aromatic heterocycles. The van der Waals surface area contributed by atoms with E-state index in [-0.39, 0.29) is 23.6 Å². The Morgan fingerprint density at radius 2 is 1.68 bits per heavy atom. The van der Waals surface area contributed by atoms with Crippen molar-refractivity contribution in [3.8, 4) is 5.75 Å². The second-order valence-corrected chi connectivity index (χ2v) is 11.4. The molecule has 0 saturated carbocycles. The summed E-state index contributed by atoms with van der Waals surface area (Å²) in [6.45, 7) is 2.22. The number of aromatic nitrogens is 1. The summed E-state index contributed by atoms with van der Waals surface area (Å²) in [5.74, 6) is -0.195. The van der Waals surface area contributed by atoms with Gasteiger partial charge < -0.3 is 9.47 Å². The fraction of sp³-hybridized carbons (Fsp3) is 0.114. The van der Waals surface area contributed by atoms with E-state index >= 15 is 0 Å². The molecule has 0 radical (unpaired) electrons. The first-order chi connectivity index (χ1) is 21.4. The topological polar surface area (TPSA) is 69.9 Å². The highest BCUT2D eigenvalue weighted by Gasteiger charge is 2.35. The number of benzene rings is 4. The molecule has 44 heavy (non-hydrogen) atoms. The van der Waals surface area contributed by atoms with E-state index in [1.54, 1.807) is 41.8 Å². The van der Waals surface area contributed by atoms with Gasteiger partial charge in [-0.1, -0.05) is 89.7 Å². The molecule has 1 aliphatic rings. The summed E-state index contributed by atoms with van der Waals surface area (Å²) in [5, 5.41) is 0.538. The Hall–Kier alpha value is -4.79. The van der Waals surface area contributed by atoms with E-state index in [9.17, 15) is 14.0 Å². The number of thiazole rings is 1. The van der Waals surface area contributed by atoms with Gasteiger partial charge >= 0.3 is 5.97 Å². The number of ether oxygens (including phenoxy) is 2. The monoisotopic (exact) mass is 624 g/mol. The predicted molar refractivity (Wildman–Crippen MR) is 170 cm³/mol. The third-order valence-electron chi connectivity index (χ3n) is 7.06. The van der Waals surface area contributed by atoms with Gasteiger partial charge in [0.2, 0.25) is 0 Å². The van der Waals surface area contributed by atoms with Gasteiger partial charge in [-0.25, -0.2) is 14.2 Å². The van der Waals surface area contributed by atoms with E-state index in [4.69, 9.17) is 26.1 Å². The average molecular weight is 625 g/mol. The zero-order valence-corrected chi connectivity index (χ0v) is 25.1. The van der Waals surface area contributed by atoms with Crippen molar-refractivity contribution in [1.29, 1.82) is 0 Å². The lowest BCUT2D eigenvalue weighted by molar-refractivity contribution is -0.138. The van der Waals surface area contributed by atoms with Crippen molar-refractivity contribution in [2.24, 2.45) is 4.99 Å². The molecule has 2 heterocycles. The predicted octanol–water partition coefficient (Wildman–Crippen LogP) is 6.31. The van der Waals surface area contributed by atoms with Crippen molar-refractivity contribution in [3.63, 3.8) is 0 Å². The first kappa shape index (κ1) is 29.3. The van der Waals surface area contributed by atoms with E-state index in [1.807, 2.05) is 66.7 Å². The molecule has 5 aromatic rings. The molecule has 6 rings (SSSR count). The fourth-order valence-electron chi connectivity index (χ4n) is 4.96. The van der Waals surface area contributed by atoms with Gasteiger partial charge in [-0.2, -0.15) is 0 Å². The molecule has 0 saturated heterocycles. The molecule has 1 atom stereocenters. The Bertz CT molecular complexity index is 2020. The number of halogens is 2. The van der Waals surface area contributed by atoms with Crippen LogP contribution in [0.3, 0.4) is 0 Å². The van der Waals surface area contributed by atoms with E-state index in [2.05, 4.69) is 0 Å². The Labute approximate surface area is 261 Å². The molecular weight excluding hydrogens is 599 g/mol. The molecule has 9 heteroatoms. The van der Waals surface area contributed by atoms with Crippen molar-refractivity contribution in [3.05, 3.63) is 161 Å². The Balaban J connectivity index is 1.42. The smallest absolute Gasteiger partial charge is 0.338 e. The molecule has 0 aliphatic carbocycles. The van der Waals surface area contributed by atoms with Crippen LogP contribution in [0.5, 0.6) is 5.75 Å². The van der Waals surface area contributed by atoms with Gasteiger partial charge in [0, 0.05) is 10.6 Å². The molecule has 0 fully saturated rings. The summed E-state index contributed by atoms with van der Waals surface area (Å²) < 4.78 is 26.5. The van der Waals surface area contributed by atoms with Gasteiger partial charge in [-0.05, 0) is 66.1 Å². The van der Waals surface area contributed by atoms with E-state index in [1.165, 1.54) is 23.5 Å². The summed E-state index contributed by atoms with van der Waals surface area (Å²) >= 11 is 7.45. The number of fused-ring (bicyclic) bond motifs is 1. The molecule has 4 aromatic carbocycles. The number of nitrogens with zero attached hydrogens (tertiary/aromatic N) is 2. The van der Waals surface area contributed by atoms with Crippen molar-refractivity contribution in [2.45, 2.75) is 19.6 Å². The first-order valence-electron chi connectivity index (χ1n) is 13.9. The van der Waals surface area contributed by atoms with Gasteiger partial charge in [-0.15, -0.1) is 0 Å². The molecule has 0 amide bonds. The van der Waals surface area contributed by atoms with E-state index < -0.39 is 12.0 Å². The van der Waals surface area contributed by atoms with Crippen LogP contribution in [0.2, 0.25) is 5.02 Å². The zero-order chi connectivity index (χ0) is 30.6. The van der Waals surface area contributed by atoms with Gasteiger partial charge in [0.25, 0.3) is 5.56 Å². The van der Waals surface area contributed by atoms with E-state index in [0.29, 0.717) is 38.0 Å². The molecule has 220 valence electrons. The normalized spacial score (nSPS) is 14.6. The number of hydrogen-bond acceptors (Lipinski definition) is 6. The number of rotatable bonds is 8. The van der Waals surface area contributed by atoms with Gasteiger partial charge in [0.15, 0.2) is 4.80 Å². The molecule has 0 spiro atoms. The van der Waals surface area contributed by atoms with Crippen molar-refractivity contribution in [1.82, 2.24) is 4.57 Å². The van der Waals surface area contributed by atoms with Crippen LogP contribution in [-0.2, 0) is 16.1 Å². The van der Waals surface area contributed by atoms with Crippen molar-refractivity contribution in [2.75, 3.05) is 6.61 Å². The van der Waals surface area contributed by atoms with Gasteiger partial charge in [0.05, 0.1) is 28.5 Å². The lowest BCUT2D eigenvalue weighted by Crippen LogP contribution is -2.40. The second kappa shape index (κ2) is 12.8. The van der Waals surface area contributed by atoms with Crippen LogP contribution in [0.15, 0.2) is 118 Å². The number of carbonyl (C=O) groups excluding carboxylic acids is 1. The van der Waals surface area contributed by atoms with Crippen LogP contribution >= 0.6 is 22.9 Å². The van der Waals surface area contributed by atoms with E-state index in [0.717, 1.165) is 16.7 Å². The minimum absolute atomic E-state index is 0.172. The maximum absolute atomic E-state index is 14.0. The number of carbonyl (C=O) groups is 1. The minimum atomic E-state index is -0.776. The fourth-order valence-corrected chi connectivity index (χ4v) is 6.09. The standard InChI is InChI=1S/C35H26ClFN2O4S/c1-2-42-34(41)30-31(24-6-4-3-5-7-24)38-35-39(32(30)25-12-14-26(36)15-13-25)33(40)29(44-35)20-22-10-18-28(19-11-22)43-21-23-8-16-27(37)17-9-23/h3-20,32H,2,21H2,1H3/b29-20-/t32-/m1/s1. The SMILES string of the molecule is CCOC(=O)C1=C(c2ccccc2)N=c2s/c(=C\c3ccc(OCc4ccc(F)cc4)cc3)c(=O)n2[C@@H]1c1ccc(Cl)cc1. The third-order valence-corrected chi connectivity index (χ3v) is 8.29. The summed E-state index contributed by atoms with van der Waals surface area (Å²) in [4.78, 5) is 32.9. The Kier molecular flexibility index (Phi) is 8.54. The summed E-state index contributed by atoms with van der Waals surface area (Å²) in [6, 6.07) is 29.2. The maximum Gasteiger partial charge on any atom is 0.338 e. The third kappa shape index (κ3) is 6.13. The van der Waals surface area contributed by atoms with Crippen LogP contribution < -0.4 is 19.6 Å². The zero-order valence-electron chi connectivity index (χ0n) is 23.6. The summed E-state index contributed by atoms with van der Waals surface area (Å²) in [7, 11) is 0. The molecule has 1 aliphatic heterocycles. The lowest BCUT2D eigenvalue weighted by atomic mass is 9.93. The largest absolute Gasteiger partial charge is 0.489 e. The number of esters is 1. The average Bonchev–Trinajstić information content (AvgIpc) is 3.35. The minimum Gasteiger partial charge on any atom is -0.489 e. The molecule has 0 unspecified atom stereocenters. The van der Waals surface area contributed by atoms with Crippen LogP contribution in [-0.4, -0.2) is 17.1 Å². The summed E-state index contributed by atoms with van der Waals surface area (Å²) in [6.07, 6.45) is 1.79. The van der Waals surface area contributed by atoms with Gasteiger partial charge in [0.1, 0.15) is 18.2 Å². The van der Waals surface area contributed by atoms with Gasteiger partial charge in [-0.3, -0.25) is 9.36 Å². The quantitative estimate of drug-likeness (QED) is 0.190. The van der Waals surface area contributed by atoms with Crippen LogP contribution in [0.25, 0.3) is 11.8 Å². The Morgan fingerprint density at radius 3 is 2.36 bits per heavy atom. The molecule has 6 nitrogen and oxygen atoms in total. The highest BCUT2D eigenvalue weighted by atomic mass is 35.5. The van der Waals surface area contributed by atoms with Crippen LogP contribution in [0.4, 0.5) is 4.39 Å². The second-order valence-electron chi connectivity index (χ2n) is 9.97. The maximum atomic E-state index is 14.0. The summed E-state index contributed by atoms with van der Waals surface area (Å²) in [5.41, 5.74) is 3.55. The highest BCUT2D eigenvalue weighted by Crippen LogP contribution is 2.35. The number of hydrogen-bond donors (Lipinski definition) is 0. The lowest BCUT2D eigenvalue weighted by Gasteiger charge is -2.25. The first-order valence-corrected chi connectivity index (χ1v) is 15.1. The Morgan fingerprint density at radius 1 is 0.977 bits per heavy atom.